The van der Waals surface area contributed by atoms with E-state index in [1.165, 1.54) is 12.1 Å². The average Bonchev–Trinajstić information content (AvgIpc) is 3.00. The Balaban J connectivity index is 2.16. The van der Waals surface area contributed by atoms with Crippen LogP contribution in [0.1, 0.15) is 25.3 Å². The summed E-state index contributed by atoms with van der Waals surface area (Å²) in [5.74, 6) is -0.286. The fourth-order valence-electron chi connectivity index (χ4n) is 3.82. The highest BCUT2D eigenvalue weighted by Gasteiger charge is 2.28. The van der Waals surface area contributed by atoms with Crippen molar-refractivity contribution in [1.29, 1.82) is 0 Å². The van der Waals surface area contributed by atoms with Crippen LogP contribution in [0.2, 0.25) is 0 Å². The number of hydrogen-bond donors (Lipinski definition) is 0. The fourth-order valence-corrected chi connectivity index (χ4v) is 3.82. The standard InChI is InChI=1S/C19H26FN3O/c1-5-8-22-10-7-17(24)15-11-16(20)19(13(2)18(15)22)23-9-6-14(12-23)21(3)4/h7,10-11,14H,5-6,8-9,12H2,1-4H3/t14-/m0/s1. The quantitative estimate of drug-likeness (QED) is 0.862. The SMILES string of the molecule is CCCn1ccc(=O)c2cc(F)c(N3CC[C@H](N(C)C)C3)c(C)c21. The Morgan fingerprint density at radius 3 is 2.75 bits per heavy atom. The van der Waals surface area contributed by atoms with Crippen molar-refractivity contribution in [3.05, 3.63) is 39.9 Å². The van der Waals surface area contributed by atoms with Gasteiger partial charge in [0.15, 0.2) is 5.43 Å². The van der Waals surface area contributed by atoms with Gasteiger partial charge in [0.05, 0.1) is 11.2 Å². The Morgan fingerprint density at radius 1 is 1.38 bits per heavy atom. The van der Waals surface area contributed by atoms with Gasteiger partial charge in [0.25, 0.3) is 0 Å². The first kappa shape index (κ1) is 17.0. The minimum Gasteiger partial charge on any atom is -0.367 e. The highest BCUT2D eigenvalue weighted by molar-refractivity contribution is 5.87. The number of aryl methyl sites for hydroxylation is 2. The third-order valence-corrected chi connectivity index (χ3v) is 5.10. The molecule has 0 saturated carbocycles. The Hall–Kier alpha value is -1.88. The molecule has 5 heteroatoms. The lowest BCUT2D eigenvalue weighted by molar-refractivity contribution is 0.315. The summed E-state index contributed by atoms with van der Waals surface area (Å²) >= 11 is 0. The molecule has 1 atom stereocenters. The second-order valence-electron chi connectivity index (χ2n) is 6.95. The van der Waals surface area contributed by atoms with Crippen LogP contribution in [-0.2, 0) is 6.54 Å². The smallest absolute Gasteiger partial charge is 0.189 e. The van der Waals surface area contributed by atoms with Crippen molar-refractivity contribution in [2.75, 3.05) is 32.1 Å². The van der Waals surface area contributed by atoms with E-state index < -0.39 is 0 Å². The maximum atomic E-state index is 14.9. The summed E-state index contributed by atoms with van der Waals surface area (Å²) in [6, 6.07) is 3.40. The van der Waals surface area contributed by atoms with Crippen molar-refractivity contribution in [1.82, 2.24) is 9.47 Å². The fraction of sp³-hybridized carbons (Fsp3) is 0.526. The normalized spacial score (nSPS) is 18.1. The van der Waals surface area contributed by atoms with E-state index in [1.54, 1.807) is 0 Å². The highest BCUT2D eigenvalue weighted by Crippen LogP contribution is 2.33. The lowest BCUT2D eigenvalue weighted by Gasteiger charge is -2.25. The molecule has 1 aliphatic rings. The molecule has 0 aliphatic carbocycles. The Morgan fingerprint density at radius 2 is 2.12 bits per heavy atom. The predicted molar refractivity (Wildman–Crippen MR) is 97.5 cm³/mol. The Kier molecular flexibility index (Phi) is 4.63. The maximum Gasteiger partial charge on any atom is 0.189 e. The van der Waals surface area contributed by atoms with E-state index in [4.69, 9.17) is 0 Å². The van der Waals surface area contributed by atoms with Crippen LogP contribution in [0.25, 0.3) is 10.9 Å². The number of halogens is 1. The number of hydrogen-bond acceptors (Lipinski definition) is 3. The molecule has 0 unspecified atom stereocenters. The van der Waals surface area contributed by atoms with E-state index >= 15 is 0 Å². The molecule has 3 rings (SSSR count). The van der Waals surface area contributed by atoms with Crippen molar-refractivity contribution >= 4 is 16.6 Å². The monoisotopic (exact) mass is 331 g/mol. The van der Waals surface area contributed by atoms with Crippen molar-refractivity contribution < 1.29 is 4.39 Å². The molecule has 0 spiro atoms. The second kappa shape index (κ2) is 6.55. The first-order valence-electron chi connectivity index (χ1n) is 8.67. The first-order chi connectivity index (χ1) is 11.4. The van der Waals surface area contributed by atoms with Gasteiger partial charge in [-0.05, 0) is 45.5 Å². The lowest BCUT2D eigenvalue weighted by Crippen LogP contribution is -2.32. The molecule has 0 N–H and O–H groups in total. The van der Waals surface area contributed by atoms with E-state index in [-0.39, 0.29) is 11.2 Å². The van der Waals surface area contributed by atoms with Gasteiger partial charge >= 0.3 is 0 Å². The van der Waals surface area contributed by atoms with Gasteiger partial charge in [-0.3, -0.25) is 4.79 Å². The summed E-state index contributed by atoms with van der Waals surface area (Å²) < 4.78 is 16.9. The molecule has 4 nitrogen and oxygen atoms in total. The van der Waals surface area contributed by atoms with Gasteiger partial charge in [0.1, 0.15) is 5.82 Å². The van der Waals surface area contributed by atoms with E-state index in [9.17, 15) is 9.18 Å². The number of nitrogens with zero attached hydrogens (tertiary/aromatic N) is 3. The highest BCUT2D eigenvalue weighted by atomic mass is 19.1. The minimum atomic E-state index is -0.286. The first-order valence-corrected chi connectivity index (χ1v) is 8.67. The van der Waals surface area contributed by atoms with Crippen LogP contribution in [0.4, 0.5) is 10.1 Å². The van der Waals surface area contributed by atoms with Gasteiger partial charge in [-0.2, -0.15) is 0 Å². The van der Waals surface area contributed by atoms with Crippen LogP contribution in [-0.4, -0.2) is 42.7 Å². The van der Waals surface area contributed by atoms with Crippen molar-refractivity contribution in [2.45, 2.75) is 39.3 Å². The van der Waals surface area contributed by atoms with Crippen LogP contribution < -0.4 is 10.3 Å². The molecule has 0 amide bonds. The summed E-state index contributed by atoms with van der Waals surface area (Å²) in [7, 11) is 4.13. The largest absolute Gasteiger partial charge is 0.367 e. The molecule has 24 heavy (non-hydrogen) atoms. The van der Waals surface area contributed by atoms with Crippen LogP contribution in [0, 0.1) is 12.7 Å². The number of fused-ring (bicyclic) bond motifs is 1. The third kappa shape index (κ3) is 2.81. The molecule has 130 valence electrons. The van der Waals surface area contributed by atoms with Gasteiger partial charge in [0, 0.05) is 43.3 Å². The van der Waals surface area contributed by atoms with Gasteiger partial charge in [0.2, 0.25) is 0 Å². The zero-order chi connectivity index (χ0) is 17.4. The van der Waals surface area contributed by atoms with Crippen LogP contribution in [0.5, 0.6) is 0 Å². The number of benzene rings is 1. The molecule has 2 aromatic rings. The average molecular weight is 331 g/mol. The van der Waals surface area contributed by atoms with Crippen molar-refractivity contribution in [3.8, 4) is 0 Å². The van der Waals surface area contributed by atoms with Crippen LogP contribution in [0.15, 0.2) is 23.1 Å². The van der Waals surface area contributed by atoms with Crippen LogP contribution in [0.3, 0.4) is 0 Å². The number of likely N-dealkylation sites (N-methyl/N-ethyl adjacent to an activating group) is 1. The summed E-state index contributed by atoms with van der Waals surface area (Å²) in [6.07, 6.45) is 3.83. The molecule has 1 aromatic heterocycles. The van der Waals surface area contributed by atoms with Gasteiger partial charge in [-0.15, -0.1) is 0 Å². The number of rotatable bonds is 4. The third-order valence-electron chi connectivity index (χ3n) is 5.10. The zero-order valence-electron chi connectivity index (χ0n) is 15.0. The van der Waals surface area contributed by atoms with E-state index in [1.807, 2.05) is 13.1 Å². The summed E-state index contributed by atoms with van der Waals surface area (Å²) in [6.45, 7) is 6.53. The minimum absolute atomic E-state index is 0.113. The number of anilines is 1. The number of pyridine rings is 1. The predicted octanol–water partition coefficient (Wildman–Crippen LogP) is 3.00. The maximum absolute atomic E-state index is 14.9. The van der Waals surface area contributed by atoms with Crippen molar-refractivity contribution in [2.24, 2.45) is 0 Å². The van der Waals surface area contributed by atoms with Crippen molar-refractivity contribution in [3.63, 3.8) is 0 Å². The zero-order valence-corrected chi connectivity index (χ0v) is 15.0. The van der Waals surface area contributed by atoms with Gasteiger partial charge in [-0.1, -0.05) is 6.92 Å². The summed E-state index contributed by atoms with van der Waals surface area (Å²) in [5, 5.41) is 0.480. The Labute approximate surface area is 142 Å². The van der Waals surface area contributed by atoms with E-state index in [0.717, 1.165) is 43.6 Å². The summed E-state index contributed by atoms with van der Waals surface area (Å²) in [4.78, 5) is 16.5. The second-order valence-corrected chi connectivity index (χ2v) is 6.95. The molecule has 1 aliphatic heterocycles. The molecule has 1 fully saturated rings. The lowest BCUT2D eigenvalue weighted by atomic mass is 10.1. The molecular formula is C19H26FN3O. The molecule has 1 aromatic carbocycles. The molecule has 2 heterocycles. The van der Waals surface area contributed by atoms with E-state index in [0.29, 0.717) is 17.1 Å². The van der Waals surface area contributed by atoms with Gasteiger partial charge in [-0.25, -0.2) is 4.39 Å². The topological polar surface area (TPSA) is 28.5 Å². The molecule has 0 radical (unpaired) electrons. The molecular weight excluding hydrogens is 305 g/mol. The Bertz CT molecular complexity index is 812. The van der Waals surface area contributed by atoms with E-state index in [2.05, 4.69) is 35.4 Å². The van der Waals surface area contributed by atoms with Gasteiger partial charge < -0.3 is 14.4 Å². The number of aromatic nitrogens is 1. The molecule has 0 bridgehead atoms. The summed E-state index contributed by atoms with van der Waals surface area (Å²) in [5.41, 5.74) is 2.28. The van der Waals surface area contributed by atoms with Crippen LogP contribution >= 0.6 is 0 Å². The molecule has 1 saturated heterocycles.